The molecule has 1 aliphatic rings. The van der Waals surface area contributed by atoms with Gasteiger partial charge in [-0.05, 0) is 43.9 Å². The largest absolute Gasteiger partial charge is 0.381 e. The van der Waals surface area contributed by atoms with Crippen molar-refractivity contribution in [3.05, 3.63) is 41.7 Å². The predicted molar refractivity (Wildman–Crippen MR) is 88.9 cm³/mol. The van der Waals surface area contributed by atoms with Crippen molar-refractivity contribution in [3.63, 3.8) is 0 Å². The van der Waals surface area contributed by atoms with Crippen LogP contribution in [0.4, 0.5) is 0 Å². The van der Waals surface area contributed by atoms with Gasteiger partial charge < -0.3 is 14.6 Å². The Balaban J connectivity index is 1.59. The molecule has 0 spiro atoms. The lowest BCUT2D eigenvalue weighted by atomic mass is 9.91. The van der Waals surface area contributed by atoms with Crippen molar-refractivity contribution < 1.29 is 14.1 Å². The zero-order valence-corrected chi connectivity index (χ0v) is 13.9. The summed E-state index contributed by atoms with van der Waals surface area (Å²) in [5.41, 5.74) is 1.47. The minimum absolute atomic E-state index is 0.171. The van der Waals surface area contributed by atoms with Crippen LogP contribution in [0.3, 0.4) is 0 Å². The molecule has 1 atom stereocenters. The second kappa shape index (κ2) is 6.64. The summed E-state index contributed by atoms with van der Waals surface area (Å²) in [6.07, 6.45) is 3.38. The van der Waals surface area contributed by atoms with Crippen molar-refractivity contribution in [3.8, 4) is 0 Å². The van der Waals surface area contributed by atoms with Crippen LogP contribution in [-0.4, -0.2) is 39.5 Å². The van der Waals surface area contributed by atoms with E-state index < -0.39 is 0 Å². The van der Waals surface area contributed by atoms with Crippen molar-refractivity contribution in [2.75, 3.05) is 13.2 Å². The molecule has 2 aromatic heterocycles. The lowest BCUT2D eigenvalue weighted by molar-refractivity contribution is 0.0468. The number of amides is 1. The molecular formula is C17H19N5O3. The van der Waals surface area contributed by atoms with Crippen LogP contribution in [-0.2, 0) is 4.74 Å². The van der Waals surface area contributed by atoms with E-state index in [1.165, 1.54) is 0 Å². The Kier molecular flexibility index (Phi) is 4.19. The first-order chi connectivity index (χ1) is 12.2. The van der Waals surface area contributed by atoms with Gasteiger partial charge in [-0.2, -0.15) is 10.1 Å². The first-order valence-electron chi connectivity index (χ1n) is 8.32. The first kappa shape index (κ1) is 15.8. The SMILES string of the molecule is Cc1noc([C@@H](NC(=O)c2ccc3[nH]ncc3c2)C2CCOCC2)n1. The summed E-state index contributed by atoms with van der Waals surface area (Å²) in [4.78, 5) is 17.1. The van der Waals surface area contributed by atoms with Gasteiger partial charge in [0, 0.05) is 24.2 Å². The van der Waals surface area contributed by atoms with Crippen LogP contribution in [0.5, 0.6) is 0 Å². The third-order valence-corrected chi connectivity index (χ3v) is 4.54. The number of nitrogens with zero attached hydrogens (tertiary/aromatic N) is 3. The molecular weight excluding hydrogens is 322 g/mol. The first-order valence-corrected chi connectivity index (χ1v) is 8.32. The minimum atomic E-state index is -0.322. The lowest BCUT2D eigenvalue weighted by Crippen LogP contribution is -2.36. The molecule has 1 saturated heterocycles. The summed E-state index contributed by atoms with van der Waals surface area (Å²) in [7, 11) is 0. The van der Waals surface area contributed by atoms with Gasteiger partial charge in [0.25, 0.3) is 5.91 Å². The number of aromatic nitrogens is 4. The third-order valence-electron chi connectivity index (χ3n) is 4.54. The topological polar surface area (TPSA) is 106 Å². The number of nitrogens with one attached hydrogen (secondary N) is 2. The fourth-order valence-electron chi connectivity index (χ4n) is 3.18. The average Bonchev–Trinajstić information content (AvgIpc) is 3.28. The molecule has 1 fully saturated rings. The van der Waals surface area contributed by atoms with E-state index in [9.17, 15) is 4.79 Å². The Morgan fingerprint density at radius 3 is 2.96 bits per heavy atom. The van der Waals surface area contributed by atoms with Crippen LogP contribution >= 0.6 is 0 Å². The molecule has 1 amide bonds. The number of rotatable bonds is 4. The van der Waals surface area contributed by atoms with Crippen molar-refractivity contribution in [2.45, 2.75) is 25.8 Å². The maximum absolute atomic E-state index is 12.8. The molecule has 0 radical (unpaired) electrons. The van der Waals surface area contributed by atoms with Crippen LogP contribution in [0.15, 0.2) is 28.9 Å². The number of aryl methyl sites for hydroxylation is 1. The Morgan fingerprint density at radius 1 is 1.36 bits per heavy atom. The maximum atomic E-state index is 12.8. The normalized spacial score (nSPS) is 16.8. The highest BCUT2D eigenvalue weighted by atomic mass is 16.5. The van der Waals surface area contributed by atoms with Gasteiger partial charge >= 0.3 is 0 Å². The van der Waals surface area contributed by atoms with E-state index in [-0.39, 0.29) is 17.9 Å². The molecule has 4 rings (SSSR count). The van der Waals surface area contributed by atoms with Gasteiger partial charge in [-0.1, -0.05) is 5.16 Å². The van der Waals surface area contributed by atoms with Gasteiger partial charge in [-0.25, -0.2) is 0 Å². The smallest absolute Gasteiger partial charge is 0.251 e. The van der Waals surface area contributed by atoms with Gasteiger partial charge in [0.05, 0.1) is 11.7 Å². The number of hydrogen-bond acceptors (Lipinski definition) is 6. The summed E-state index contributed by atoms with van der Waals surface area (Å²) in [6, 6.07) is 5.11. The molecule has 1 aromatic carbocycles. The molecule has 2 N–H and O–H groups in total. The van der Waals surface area contributed by atoms with Gasteiger partial charge in [-0.3, -0.25) is 9.89 Å². The number of H-pyrrole nitrogens is 1. The number of carbonyl (C=O) groups excluding carboxylic acids is 1. The summed E-state index contributed by atoms with van der Waals surface area (Å²) in [5.74, 6) is 1.04. The second-order valence-corrected chi connectivity index (χ2v) is 6.25. The second-order valence-electron chi connectivity index (χ2n) is 6.25. The average molecular weight is 341 g/mol. The molecule has 3 aromatic rings. The fourth-order valence-corrected chi connectivity index (χ4v) is 3.18. The molecule has 8 nitrogen and oxygen atoms in total. The van der Waals surface area contributed by atoms with E-state index >= 15 is 0 Å². The molecule has 25 heavy (non-hydrogen) atoms. The van der Waals surface area contributed by atoms with Crippen molar-refractivity contribution in [2.24, 2.45) is 5.92 Å². The highest BCUT2D eigenvalue weighted by Crippen LogP contribution is 2.29. The number of ether oxygens (including phenoxy) is 1. The summed E-state index contributed by atoms with van der Waals surface area (Å²) >= 11 is 0. The van der Waals surface area contributed by atoms with Crippen LogP contribution < -0.4 is 5.32 Å². The Hall–Kier alpha value is -2.74. The maximum Gasteiger partial charge on any atom is 0.251 e. The standard InChI is InChI=1S/C17H19N5O3/c1-10-19-17(25-22-10)15(11-4-6-24-7-5-11)20-16(23)12-2-3-14-13(8-12)9-18-21-14/h2-3,8-9,11,15H,4-7H2,1H3,(H,18,21)(H,20,23)/t15-/m0/s1. The van der Waals surface area contributed by atoms with E-state index in [0.29, 0.717) is 30.5 Å². The van der Waals surface area contributed by atoms with Crippen LogP contribution in [0.2, 0.25) is 0 Å². The van der Waals surface area contributed by atoms with Gasteiger partial charge in [-0.15, -0.1) is 0 Å². The minimum Gasteiger partial charge on any atom is -0.381 e. The van der Waals surface area contributed by atoms with Crippen LogP contribution in [0.1, 0.15) is 41.0 Å². The quantitative estimate of drug-likeness (QED) is 0.753. The number of aromatic amines is 1. The number of benzene rings is 1. The molecule has 1 aliphatic heterocycles. The van der Waals surface area contributed by atoms with Crippen molar-refractivity contribution in [1.82, 2.24) is 25.7 Å². The highest BCUT2D eigenvalue weighted by molar-refractivity contribution is 5.98. The predicted octanol–water partition coefficient (Wildman–Crippen LogP) is 2.15. The fraction of sp³-hybridized carbons (Fsp3) is 0.412. The molecule has 0 unspecified atom stereocenters. The zero-order valence-electron chi connectivity index (χ0n) is 13.9. The van der Waals surface area contributed by atoms with Crippen LogP contribution in [0, 0.1) is 12.8 Å². The Morgan fingerprint density at radius 2 is 2.20 bits per heavy atom. The van der Waals surface area contributed by atoms with Crippen molar-refractivity contribution in [1.29, 1.82) is 0 Å². The van der Waals surface area contributed by atoms with Gasteiger partial charge in [0.2, 0.25) is 5.89 Å². The molecule has 3 heterocycles. The van der Waals surface area contributed by atoms with E-state index in [1.807, 2.05) is 12.1 Å². The lowest BCUT2D eigenvalue weighted by Gasteiger charge is -2.28. The number of fused-ring (bicyclic) bond motifs is 1. The Labute approximate surface area is 143 Å². The van der Waals surface area contributed by atoms with Gasteiger partial charge in [0.15, 0.2) is 5.82 Å². The molecule has 130 valence electrons. The van der Waals surface area contributed by atoms with Gasteiger partial charge in [0.1, 0.15) is 6.04 Å². The molecule has 0 bridgehead atoms. The summed E-state index contributed by atoms with van der Waals surface area (Å²) < 4.78 is 10.8. The number of carbonyl (C=O) groups is 1. The Bertz CT molecular complexity index is 881. The van der Waals surface area contributed by atoms with Crippen molar-refractivity contribution >= 4 is 16.8 Å². The third kappa shape index (κ3) is 3.25. The molecule has 0 saturated carbocycles. The van der Waals surface area contributed by atoms with E-state index in [4.69, 9.17) is 9.26 Å². The van der Waals surface area contributed by atoms with Crippen LogP contribution in [0.25, 0.3) is 10.9 Å². The molecule has 0 aliphatic carbocycles. The van der Waals surface area contributed by atoms with E-state index in [2.05, 4.69) is 25.7 Å². The van der Waals surface area contributed by atoms with E-state index in [1.54, 1.807) is 19.2 Å². The van der Waals surface area contributed by atoms with E-state index in [0.717, 1.165) is 23.7 Å². The highest BCUT2D eigenvalue weighted by Gasteiger charge is 2.31. The number of hydrogen-bond donors (Lipinski definition) is 2. The zero-order chi connectivity index (χ0) is 17.2. The monoisotopic (exact) mass is 341 g/mol. The summed E-state index contributed by atoms with van der Waals surface area (Å²) in [5, 5.41) is 14.7. The summed E-state index contributed by atoms with van der Waals surface area (Å²) in [6.45, 7) is 3.11. The molecule has 8 heteroatoms.